The summed E-state index contributed by atoms with van der Waals surface area (Å²) in [4.78, 5) is 23.0. The lowest BCUT2D eigenvalue weighted by atomic mass is 9.82. The van der Waals surface area contributed by atoms with Crippen molar-refractivity contribution in [1.29, 1.82) is 0 Å². The number of nitrogens with one attached hydrogen (secondary N) is 1. The van der Waals surface area contributed by atoms with Crippen molar-refractivity contribution in [3.05, 3.63) is 0 Å². The molecule has 1 rings (SSSR count). The van der Waals surface area contributed by atoms with Gasteiger partial charge in [-0.2, -0.15) is 0 Å². The zero-order chi connectivity index (χ0) is 14.5. The first-order chi connectivity index (χ1) is 8.81. The normalized spacial score (nSPS) is 18.2. The van der Waals surface area contributed by atoms with Gasteiger partial charge in [0.2, 0.25) is 5.91 Å². The van der Waals surface area contributed by atoms with E-state index in [2.05, 4.69) is 5.32 Å². The van der Waals surface area contributed by atoms with Crippen molar-refractivity contribution in [2.75, 3.05) is 18.1 Å². The highest BCUT2D eigenvalue weighted by molar-refractivity contribution is 7.91. The second kappa shape index (κ2) is 6.36. The number of carboxylic acids is 1. The molecule has 0 aromatic carbocycles. The molecule has 0 radical (unpaired) electrons. The Morgan fingerprint density at radius 1 is 1.26 bits per heavy atom. The third-order valence-corrected chi connectivity index (χ3v) is 5.39. The van der Waals surface area contributed by atoms with Crippen LogP contribution in [0, 0.1) is 5.41 Å². The number of amides is 1. The number of hydrogen-bond acceptors (Lipinski definition) is 4. The van der Waals surface area contributed by atoms with E-state index in [0.717, 1.165) is 12.8 Å². The van der Waals surface area contributed by atoms with E-state index < -0.39 is 21.2 Å². The Labute approximate surface area is 113 Å². The van der Waals surface area contributed by atoms with Gasteiger partial charge in [0.15, 0.2) is 9.84 Å². The Morgan fingerprint density at radius 2 is 1.84 bits per heavy atom. The number of hydrogen-bond donors (Lipinski definition) is 2. The van der Waals surface area contributed by atoms with Crippen LogP contribution >= 0.6 is 0 Å². The lowest BCUT2D eigenvalue weighted by Crippen LogP contribution is -2.37. The fourth-order valence-corrected chi connectivity index (χ4v) is 3.08. The molecule has 7 heteroatoms. The van der Waals surface area contributed by atoms with Gasteiger partial charge in [0.05, 0.1) is 11.2 Å². The van der Waals surface area contributed by atoms with Crippen LogP contribution in [0.3, 0.4) is 0 Å². The smallest absolute Gasteiger partial charge is 0.310 e. The van der Waals surface area contributed by atoms with Crippen LogP contribution in [0.15, 0.2) is 0 Å². The van der Waals surface area contributed by atoms with Crippen LogP contribution in [0.25, 0.3) is 0 Å². The summed E-state index contributed by atoms with van der Waals surface area (Å²) in [5.41, 5.74) is -0.951. The van der Waals surface area contributed by atoms with Crippen LogP contribution < -0.4 is 5.32 Å². The number of rotatable bonds is 7. The highest BCUT2D eigenvalue weighted by atomic mass is 32.2. The lowest BCUT2D eigenvalue weighted by molar-refractivity contribution is -0.151. The molecule has 0 aliphatic heterocycles. The van der Waals surface area contributed by atoms with Gasteiger partial charge in [-0.05, 0) is 12.8 Å². The molecule has 0 unspecified atom stereocenters. The van der Waals surface area contributed by atoms with Gasteiger partial charge < -0.3 is 10.4 Å². The fraction of sp³-hybridized carbons (Fsp3) is 0.833. The molecule has 0 aromatic heterocycles. The van der Waals surface area contributed by atoms with Crippen LogP contribution in [0.2, 0.25) is 0 Å². The maximum absolute atomic E-state index is 11.7. The minimum absolute atomic E-state index is 0.0436. The summed E-state index contributed by atoms with van der Waals surface area (Å²) in [6, 6.07) is 0. The average Bonchev–Trinajstić information content (AvgIpc) is 2.78. The molecule has 0 spiro atoms. The predicted molar refractivity (Wildman–Crippen MR) is 70.5 cm³/mol. The Bertz CT molecular complexity index is 437. The average molecular weight is 291 g/mol. The SMILES string of the molecule is CCS(=O)(=O)CCNC(=O)CC1(C(=O)O)CCCC1. The summed E-state index contributed by atoms with van der Waals surface area (Å²) in [7, 11) is -3.11. The van der Waals surface area contributed by atoms with Crippen LogP contribution in [0.4, 0.5) is 0 Å². The number of carbonyl (C=O) groups excluding carboxylic acids is 1. The standard InChI is InChI=1S/C12H21NO5S/c1-2-19(17,18)8-7-13-10(14)9-12(11(15)16)5-3-4-6-12/h2-9H2,1H3,(H,13,14)(H,15,16). The molecule has 2 N–H and O–H groups in total. The van der Waals surface area contributed by atoms with Gasteiger partial charge in [-0.1, -0.05) is 19.8 Å². The predicted octanol–water partition coefficient (Wildman–Crippen LogP) is 0.572. The van der Waals surface area contributed by atoms with E-state index in [1.165, 1.54) is 0 Å². The Morgan fingerprint density at radius 3 is 2.32 bits per heavy atom. The second-order valence-electron chi connectivity index (χ2n) is 5.06. The number of carboxylic acid groups (broad SMARTS) is 1. The highest BCUT2D eigenvalue weighted by Gasteiger charge is 2.42. The molecular formula is C12H21NO5S. The van der Waals surface area contributed by atoms with E-state index in [1.807, 2.05) is 0 Å². The summed E-state index contributed by atoms with van der Waals surface area (Å²) in [6.07, 6.45) is 2.62. The van der Waals surface area contributed by atoms with E-state index in [1.54, 1.807) is 6.92 Å². The van der Waals surface area contributed by atoms with Gasteiger partial charge in [-0.25, -0.2) is 8.42 Å². The van der Waals surface area contributed by atoms with E-state index in [4.69, 9.17) is 0 Å². The molecule has 1 amide bonds. The van der Waals surface area contributed by atoms with Gasteiger partial charge in [-0.15, -0.1) is 0 Å². The quantitative estimate of drug-likeness (QED) is 0.714. The Kier molecular flexibility index (Phi) is 5.34. The van der Waals surface area contributed by atoms with Crippen molar-refractivity contribution in [2.24, 2.45) is 5.41 Å². The summed E-state index contributed by atoms with van der Waals surface area (Å²) < 4.78 is 22.5. The monoisotopic (exact) mass is 291 g/mol. The molecule has 0 aromatic rings. The third kappa shape index (κ3) is 4.49. The Hall–Kier alpha value is -1.11. The van der Waals surface area contributed by atoms with Gasteiger partial charge in [0, 0.05) is 18.7 Å². The molecule has 0 saturated heterocycles. The van der Waals surface area contributed by atoms with Crippen LogP contribution in [-0.2, 0) is 19.4 Å². The third-order valence-electron chi connectivity index (χ3n) is 3.69. The summed E-state index contributed by atoms with van der Waals surface area (Å²) in [5.74, 6) is -1.37. The summed E-state index contributed by atoms with van der Waals surface area (Å²) in [5, 5.41) is 11.7. The zero-order valence-corrected chi connectivity index (χ0v) is 12.0. The molecule has 1 saturated carbocycles. The van der Waals surface area contributed by atoms with Gasteiger partial charge >= 0.3 is 5.97 Å². The first kappa shape index (κ1) is 15.9. The Balaban J connectivity index is 2.44. The van der Waals surface area contributed by atoms with Crippen molar-refractivity contribution < 1.29 is 23.1 Å². The molecule has 0 bridgehead atoms. The zero-order valence-electron chi connectivity index (χ0n) is 11.1. The van der Waals surface area contributed by atoms with E-state index in [0.29, 0.717) is 12.8 Å². The largest absolute Gasteiger partial charge is 0.481 e. The molecule has 1 aliphatic rings. The molecule has 1 fully saturated rings. The fourth-order valence-electron chi connectivity index (χ4n) is 2.38. The van der Waals surface area contributed by atoms with Crippen molar-refractivity contribution in [2.45, 2.75) is 39.0 Å². The first-order valence-electron chi connectivity index (χ1n) is 6.52. The van der Waals surface area contributed by atoms with Crippen LogP contribution in [-0.4, -0.2) is 43.5 Å². The minimum Gasteiger partial charge on any atom is -0.481 e. The molecular weight excluding hydrogens is 270 g/mol. The molecule has 110 valence electrons. The first-order valence-corrected chi connectivity index (χ1v) is 8.34. The van der Waals surface area contributed by atoms with Gasteiger partial charge in [0.25, 0.3) is 0 Å². The van der Waals surface area contributed by atoms with Crippen molar-refractivity contribution in [3.8, 4) is 0 Å². The molecule has 0 atom stereocenters. The second-order valence-corrected chi connectivity index (χ2v) is 7.53. The number of sulfone groups is 1. The van der Waals surface area contributed by atoms with Crippen LogP contribution in [0.1, 0.15) is 39.0 Å². The molecule has 19 heavy (non-hydrogen) atoms. The summed E-state index contributed by atoms with van der Waals surface area (Å²) in [6.45, 7) is 1.60. The van der Waals surface area contributed by atoms with Crippen molar-refractivity contribution >= 4 is 21.7 Å². The van der Waals surface area contributed by atoms with Gasteiger partial charge in [0.1, 0.15) is 0 Å². The maximum atomic E-state index is 11.7. The molecule has 1 aliphatic carbocycles. The van der Waals surface area contributed by atoms with E-state index in [9.17, 15) is 23.1 Å². The van der Waals surface area contributed by atoms with Crippen LogP contribution in [0.5, 0.6) is 0 Å². The van der Waals surface area contributed by atoms with E-state index >= 15 is 0 Å². The minimum atomic E-state index is -3.11. The molecule has 6 nitrogen and oxygen atoms in total. The maximum Gasteiger partial charge on any atom is 0.310 e. The topological polar surface area (TPSA) is 101 Å². The number of carbonyl (C=O) groups is 2. The number of aliphatic carboxylic acids is 1. The van der Waals surface area contributed by atoms with Gasteiger partial charge in [-0.3, -0.25) is 9.59 Å². The highest BCUT2D eigenvalue weighted by Crippen LogP contribution is 2.41. The van der Waals surface area contributed by atoms with Crippen molar-refractivity contribution in [3.63, 3.8) is 0 Å². The molecule has 0 heterocycles. The summed E-state index contributed by atoms with van der Waals surface area (Å²) >= 11 is 0. The van der Waals surface area contributed by atoms with Crippen molar-refractivity contribution in [1.82, 2.24) is 5.32 Å². The van der Waals surface area contributed by atoms with E-state index in [-0.39, 0.29) is 30.4 Å². The lowest BCUT2D eigenvalue weighted by Gasteiger charge is -2.22.